The van der Waals surface area contributed by atoms with Crippen LogP contribution in [-0.2, 0) is 6.54 Å². The molecule has 0 aliphatic carbocycles. The molecular formula is C16H26N2O. The van der Waals surface area contributed by atoms with Crippen molar-refractivity contribution in [2.75, 3.05) is 33.3 Å². The molecule has 1 aliphatic rings. The van der Waals surface area contributed by atoms with E-state index in [2.05, 4.69) is 42.3 Å². The Balaban J connectivity index is 2.10. The largest absolute Gasteiger partial charge is 0.496 e. The SMILES string of the molecule is COc1cc(C(C)C)ccc1CN1CCCNCC1. The van der Waals surface area contributed by atoms with Crippen LogP contribution in [0.4, 0.5) is 0 Å². The molecule has 0 bridgehead atoms. The first kappa shape index (κ1) is 14.4. The van der Waals surface area contributed by atoms with E-state index in [1.807, 2.05) is 0 Å². The fraction of sp³-hybridized carbons (Fsp3) is 0.625. The van der Waals surface area contributed by atoms with Crippen molar-refractivity contribution in [2.45, 2.75) is 32.7 Å². The molecule has 3 heteroatoms. The Hall–Kier alpha value is -1.06. The highest BCUT2D eigenvalue weighted by Gasteiger charge is 2.13. The number of rotatable bonds is 4. The molecule has 1 heterocycles. The summed E-state index contributed by atoms with van der Waals surface area (Å²) in [5.41, 5.74) is 2.65. The van der Waals surface area contributed by atoms with Gasteiger partial charge in [0.05, 0.1) is 7.11 Å². The zero-order valence-electron chi connectivity index (χ0n) is 12.4. The summed E-state index contributed by atoms with van der Waals surface area (Å²) in [5.74, 6) is 1.58. The highest BCUT2D eigenvalue weighted by molar-refractivity contribution is 5.38. The molecule has 1 aromatic carbocycles. The van der Waals surface area contributed by atoms with Gasteiger partial charge in [0, 0.05) is 25.2 Å². The number of nitrogens with zero attached hydrogens (tertiary/aromatic N) is 1. The molecule has 1 aliphatic heterocycles. The minimum absolute atomic E-state index is 0.547. The zero-order chi connectivity index (χ0) is 13.7. The smallest absolute Gasteiger partial charge is 0.123 e. The average molecular weight is 262 g/mol. The predicted molar refractivity (Wildman–Crippen MR) is 79.8 cm³/mol. The van der Waals surface area contributed by atoms with Crippen molar-refractivity contribution in [1.82, 2.24) is 10.2 Å². The van der Waals surface area contributed by atoms with Gasteiger partial charge >= 0.3 is 0 Å². The van der Waals surface area contributed by atoms with Crippen LogP contribution in [0.3, 0.4) is 0 Å². The molecule has 0 atom stereocenters. The maximum Gasteiger partial charge on any atom is 0.123 e. The molecule has 1 aromatic rings. The van der Waals surface area contributed by atoms with Crippen LogP contribution in [0.25, 0.3) is 0 Å². The summed E-state index contributed by atoms with van der Waals surface area (Å²) in [6.07, 6.45) is 1.23. The fourth-order valence-corrected chi connectivity index (χ4v) is 2.55. The molecule has 0 aromatic heterocycles. The molecular weight excluding hydrogens is 236 g/mol. The Morgan fingerprint density at radius 1 is 1.26 bits per heavy atom. The number of hydrogen-bond donors (Lipinski definition) is 1. The van der Waals surface area contributed by atoms with E-state index in [1.165, 1.54) is 24.1 Å². The molecule has 0 radical (unpaired) electrons. The zero-order valence-corrected chi connectivity index (χ0v) is 12.4. The highest BCUT2D eigenvalue weighted by atomic mass is 16.5. The Morgan fingerprint density at radius 2 is 2.11 bits per heavy atom. The molecule has 0 saturated carbocycles. The van der Waals surface area contributed by atoms with Crippen LogP contribution in [-0.4, -0.2) is 38.2 Å². The van der Waals surface area contributed by atoms with E-state index in [0.717, 1.165) is 31.9 Å². The summed E-state index contributed by atoms with van der Waals surface area (Å²) >= 11 is 0. The maximum atomic E-state index is 5.57. The maximum absolute atomic E-state index is 5.57. The Morgan fingerprint density at radius 3 is 2.84 bits per heavy atom. The van der Waals surface area contributed by atoms with Crippen molar-refractivity contribution < 1.29 is 4.74 Å². The van der Waals surface area contributed by atoms with Gasteiger partial charge in [-0.25, -0.2) is 0 Å². The second-order valence-electron chi connectivity index (χ2n) is 5.61. The minimum atomic E-state index is 0.547. The van der Waals surface area contributed by atoms with Crippen LogP contribution >= 0.6 is 0 Å². The summed E-state index contributed by atoms with van der Waals surface area (Å²) in [6.45, 7) is 9.94. The van der Waals surface area contributed by atoms with E-state index in [-0.39, 0.29) is 0 Å². The van der Waals surface area contributed by atoms with Crippen LogP contribution in [0.15, 0.2) is 18.2 Å². The van der Waals surface area contributed by atoms with E-state index in [0.29, 0.717) is 5.92 Å². The minimum Gasteiger partial charge on any atom is -0.496 e. The van der Waals surface area contributed by atoms with Gasteiger partial charge < -0.3 is 10.1 Å². The van der Waals surface area contributed by atoms with Crippen molar-refractivity contribution in [3.8, 4) is 5.75 Å². The van der Waals surface area contributed by atoms with E-state index >= 15 is 0 Å². The lowest BCUT2D eigenvalue weighted by Gasteiger charge is -2.21. The summed E-state index contributed by atoms with van der Waals surface area (Å²) in [7, 11) is 1.77. The fourth-order valence-electron chi connectivity index (χ4n) is 2.55. The van der Waals surface area contributed by atoms with Gasteiger partial charge in [-0.1, -0.05) is 26.0 Å². The molecule has 0 amide bonds. The van der Waals surface area contributed by atoms with Crippen LogP contribution in [0.5, 0.6) is 5.75 Å². The third-order valence-electron chi connectivity index (χ3n) is 3.80. The lowest BCUT2D eigenvalue weighted by Crippen LogP contribution is -2.27. The lowest BCUT2D eigenvalue weighted by atomic mass is 10.0. The molecule has 3 nitrogen and oxygen atoms in total. The summed E-state index contributed by atoms with van der Waals surface area (Å²) in [6, 6.07) is 6.65. The van der Waals surface area contributed by atoms with Crippen LogP contribution in [0.1, 0.15) is 37.3 Å². The second kappa shape index (κ2) is 6.92. The van der Waals surface area contributed by atoms with Gasteiger partial charge in [-0.2, -0.15) is 0 Å². The van der Waals surface area contributed by atoms with Crippen molar-refractivity contribution in [1.29, 1.82) is 0 Å². The molecule has 0 spiro atoms. The van der Waals surface area contributed by atoms with E-state index in [4.69, 9.17) is 4.74 Å². The van der Waals surface area contributed by atoms with Gasteiger partial charge in [0.2, 0.25) is 0 Å². The first-order chi connectivity index (χ1) is 9.20. The molecule has 2 rings (SSSR count). The topological polar surface area (TPSA) is 24.5 Å². The van der Waals surface area contributed by atoms with E-state index < -0.39 is 0 Å². The van der Waals surface area contributed by atoms with Crippen molar-refractivity contribution in [3.05, 3.63) is 29.3 Å². The third kappa shape index (κ3) is 3.95. The van der Waals surface area contributed by atoms with Crippen LogP contribution in [0.2, 0.25) is 0 Å². The Bertz CT molecular complexity index is 396. The predicted octanol–water partition coefficient (Wildman–Crippen LogP) is 2.61. The summed E-state index contributed by atoms with van der Waals surface area (Å²) < 4.78 is 5.57. The van der Waals surface area contributed by atoms with Gasteiger partial charge in [0.1, 0.15) is 5.75 Å². The number of methoxy groups -OCH3 is 1. The first-order valence-electron chi connectivity index (χ1n) is 7.30. The first-order valence-corrected chi connectivity index (χ1v) is 7.30. The van der Waals surface area contributed by atoms with Gasteiger partial charge in [-0.3, -0.25) is 4.90 Å². The molecule has 19 heavy (non-hydrogen) atoms. The molecule has 106 valence electrons. The van der Waals surface area contributed by atoms with Gasteiger partial charge in [0.15, 0.2) is 0 Å². The number of hydrogen-bond acceptors (Lipinski definition) is 3. The van der Waals surface area contributed by atoms with Crippen molar-refractivity contribution >= 4 is 0 Å². The molecule has 0 unspecified atom stereocenters. The normalized spacial score (nSPS) is 17.5. The Labute approximate surface area is 116 Å². The van der Waals surface area contributed by atoms with Crippen molar-refractivity contribution in [2.24, 2.45) is 0 Å². The Kier molecular flexibility index (Phi) is 5.23. The molecule has 1 fully saturated rings. The van der Waals surface area contributed by atoms with E-state index in [1.54, 1.807) is 7.11 Å². The van der Waals surface area contributed by atoms with Gasteiger partial charge in [0.25, 0.3) is 0 Å². The molecule has 1 N–H and O–H groups in total. The lowest BCUT2D eigenvalue weighted by molar-refractivity contribution is 0.278. The number of benzene rings is 1. The van der Waals surface area contributed by atoms with Crippen molar-refractivity contribution in [3.63, 3.8) is 0 Å². The van der Waals surface area contributed by atoms with Gasteiger partial charge in [-0.05, 0) is 37.1 Å². The molecule has 1 saturated heterocycles. The highest BCUT2D eigenvalue weighted by Crippen LogP contribution is 2.25. The van der Waals surface area contributed by atoms with Crippen LogP contribution < -0.4 is 10.1 Å². The van der Waals surface area contributed by atoms with Crippen LogP contribution in [0, 0.1) is 0 Å². The quantitative estimate of drug-likeness (QED) is 0.902. The third-order valence-corrected chi connectivity index (χ3v) is 3.80. The standard InChI is InChI=1S/C16H26N2O/c1-13(2)14-5-6-15(16(11-14)19-3)12-18-9-4-7-17-8-10-18/h5-6,11,13,17H,4,7-10,12H2,1-3H3. The average Bonchev–Trinajstić information content (AvgIpc) is 2.67. The number of ether oxygens (including phenoxy) is 1. The van der Waals surface area contributed by atoms with Gasteiger partial charge in [-0.15, -0.1) is 0 Å². The monoisotopic (exact) mass is 262 g/mol. The summed E-state index contributed by atoms with van der Waals surface area (Å²) in [4.78, 5) is 2.51. The second-order valence-corrected chi connectivity index (χ2v) is 5.61. The summed E-state index contributed by atoms with van der Waals surface area (Å²) in [5, 5.41) is 3.44. The van der Waals surface area contributed by atoms with E-state index in [9.17, 15) is 0 Å². The number of nitrogens with one attached hydrogen (secondary N) is 1.